The fourth-order valence-electron chi connectivity index (χ4n) is 0. The number of hydrogen-bond acceptors (Lipinski definition) is 6. The molecule has 0 atom stereocenters. The zero-order chi connectivity index (χ0) is 7.21. The second-order valence-electron chi connectivity index (χ2n) is 0.476. The van der Waals surface area contributed by atoms with E-state index in [1.165, 1.54) is 0 Å². The normalized spacial score (nSPS) is 8.25. The maximum atomic E-state index is 8.52. The predicted octanol–water partition coefficient (Wildman–Crippen LogP) is -1.58. The van der Waals surface area contributed by atoms with Crippen LogP contribution in [0.3, 0.4) is 0 Å². The Morgan fingerprint density at radius 1 is 1.12 bits per heavy atom. The monoisotopic (exact) mass is 160 g/mol. The summed E-state index contributed by atoms with van der Waals surface area (Å²) in [6, 6.07) is 0. The van der Waals surface area contributed by atoms with Gasteiger partial charge in [-0.05, 0) is 0 Å². The fourth-order valence-corrected chi connectivity index (χ4v) is 0. The van der Waals surface area contributed by atoms with Gasteiger partial charge in [-0.1, -0.05) is 0 Å². The second kappa shape index (κ2) is 4.97. The first-order chi connectivity index (χ1) is 3.41. The first-order valence-electron chi connectivity index (χ1n) is 1.00. The molecule has 0 aromatic heterocycles. The average molecular weight is 160 g/mol. The van der Waals surface area contributed by atoms with Gasteiger partial charge in [0.1, 0.15) is 0 Å². The van der Waals surface area contributed by atoms with Crippen molar-refractivity contribution in [2.24, 2.45) is 0 Å². The summed E-state index contributed by atoms with van der Waals surface area (Å²) < 4.78 is 50.7. The second-order valence-corrected chi connectivity index (χ2v) is 1.43. The van der Waals surface area contributed by atoms with E-state index in [0.29, 0.717) is 0 Å². The third-order valence-electron chi connectivity index (χ3n) is 0. The Hall–Kier alpha value is -0.180. The van der Waals surface area contributed by atoms with E-state index >= 15 is 0 Å². The van der Waals surface area contributed by atoms with Crippen molar-refractivity contribution < 1.29 is 25.9 Å². The molecule has 0 saturated heterocycles. The molecule has 0 aliphatic rings. The van der Waals surface area contributed by atoms with Crippen LogP contribution in [-0.4, -0.2) is 17.5 Å². The molecule has 0 aliphatic heterocycles. The predicted molar refractivity (Wildman–Crippen MR) is 19.2 cm³/mol. The zero-order valence-corrected chi connectivity index (χ0v) is 4.90. The summed E-state index contributed by atoms with van der Waals surface area (Å²) in [5.74, 6) is 0. The molecule has 0 heterocycles. The van der Waals surface area contributed by atoms with Gasteiger partial charge in [-0.2, -0.15) is 0 Å². The summed E-state index contributed by atoms with van der Waals surface area (Å²) in [4.78, 5) is 0. The van der Waals surface area contributed by atoms with Crippen LogP contribution < -0.4 is 0 Å². The first-order valence-corrected chi connectivity index (χ1v) is 3.00. The zero-order valence-electron chi connectivity index (χ0n) is 3.27. The summed E-state index contributed by atoms with van der Waals surface area (Å²) in [7, 11) is -5.17. The molecule has 6 nitrogen and oxygen atoms in total. The van der Waals surface area contributed by atoms with E-state index in [4.69, 9.17) is 25.9 Å². The SMILES string of the molecule is O=S(=O)([O-])[O-].O=[S+2]=O. The fraction of sp³-hybridized carbons (Fsp3) is 0. The maximum absolute atomic E-state index is 8.52. The minimum atomic E-state index is -5.17. The van der Waals surface area contributed by atoms with Crippen LogP contribution in [0, 0.1) is 0 Å². The van der Waals surface area contributed by atoms with Crippen molar-refractivity contribution in [3.05, 3.63) is 0 Å². The molecule has 0 saturated carbocycles. The van der Waals surface area contributed by atoms with Gasteiger partial charge in [0, 0.05) is 10.4 Å². The summed E-state index contributed by atoms with van der Waals surface area (Å²) in [6.45, 7) is 0. The van der Waals surface area contributed by atoms with Gasteiger partial charge in [-0.25, -0.2) is 0 Å². The van der Waals surface area contributed by atoms with E-state index in [-0.39, 0.29) is 0 Å². The molecule has 48 valence electrons. The van der Waals surface area contributed by atoms with Crippen LogP contribution >= 0.6 is 0 Å². The van der Waals surface area contributed by atoms with Crippen molar-refractivity contribution in [2.75, 3.05) is 0 Å². The van der Waals surface area contributed by atoms with Crippen molar-refractivity contribution in [3.8, 4) is 0 Å². The van der Waals surface area contributed by atoms with E-state index in [9.17, 15) is 0 Å². The molecule has 0 aromatic rings. The van der Waals surface area contributed by atoms with Gasteiger partial charge in [-0.3, -0.25) is 8.42 Å². The molecule has 0 fully saturated rings. The molecule has 0 bridgehead atoms. The van der Waals surface area contributed by atoms with Crippen molar-refractivity contribution in [1.29, 1.82) is 0 Å². The quantitative estimate of drug-likeness (QED) is 0.312. The minimum absolute atomic E-state index is 0.750. The van der Waals surface area contributed by atoms with Gasteiger partial charge < -0.3 is 9.11 Å². The topological polar surface area (TPSA) is 114 Å². The molecule has 0 unspecified atom stereocenters. The Morgan fingerprint density at radius 3 is 1.12 bits per heavy atom. The van der Waals surface area contributed by atoms with E-state index in [1.807, 2.05) is 0 Å². The Labute approximate surface area is 48.7 Å². The van der Waals surface area contributed by atoms with E-state index < -0.39 is 22.0 Å². The Morgan fingerprint density at radius 2 is 1.12 bits per heavy atom. The third-order valence-corrected chi connectivity index (χ3v) is 0. The molecular formula is O6S2. The van der Waals surface area contributed by atoms with E-state index in [2.05, 4.69) is 0 Å². The molecule has 8 heteroatoms. The molecule has 8 heavy (non-hydrogen) atoms. The van der Waals surface area contributed by atoms with Crippen molar-refractivity contribution in [3.63, 3.8) is 0 Å². The van der Waals surface area contributed by atoms with Crippen LogP contribution in [-0.2, 0) is 30.4 Å². The van der Waals surface area contributed by atoms with Crippen molar-refractivity contribution in [2.45, 2.75) is 0 Å². The van der Waals surface area contributed by atoms with Crippen LogP contribution in [0.4, 0.5) is 0 Å². The molecule has 0 aromatic carbocycles. The first kappa shape index (κ1) is 10.7. The van der Waals surface area contributed by atoms with Crippen LogP contribution in [0.1, 0.15) is 0 Å². The van der Waals surface area contributed by atoms with Crippen LogP contribution in [0.2, 0.25) is 0 Å². The van der Waals surface area contributed by atoms with E-state index in [1.54, 1.807) is 0 Å². The van der Waals surface area contributed by atoms with Gasteiger partial charge in [0.25, 0.3) is 0 Å². The number of rotatable bonds is 0. The van der Waals surface area contributed by atoms with E-state index in [0.717, 1.165) is 0 Å². The standard InChI is InChI=1S/H2O4S.O2S/c1-5(2,3)4;1-3-2/h(H2,1,2,3,4);/q;+2/p-2. The Bertz CT molecular complexity index is 147. The van der Waals surface area contributed by atoms with Gasteiger partial charge in [0.15, 0.2) is 0 Å². The molecular weight excluding hydrogens is 160 g/mol. The molecule has 0 radical (unpaired) electrons. The van der Waals surface area contributed by atoms with Crippen LogP contribution in [0.15, 0.2) is 0 Å². The summed E-state index contributed by atoms with van der Waals surface area (Å²) in [6.07, 6.45) is 0. The van der Waals surface area contributed by atoms with Gasteiger partial charge in [0.05, 0.1) is 0 Å². The third kappa shape index (κ3) is 4170. The summed E-state index contributed by atoms with van der Waals surface area (Å²) in [5.41, 5.74) is 0. The Balaban J connectivity index is 0. The molecule has 0 amide bonds. The summed E-state index contributed by atoms with van der Waals surface area (Å²) >= 11 is -0.750. The van der Waals surface area contributed by atoms with Crippen molar-refractivity contribution >= 4 is 22.0 Å². The van der Waals surface area contributed by atoms with Crippen LogP contribution in [0.25, 0.3) is 0 Å². The van der Waals surface area contributed by atoms with Gasteiger partial charge in [0.2, 0.25) is 0 Å². The summed E-state index contributed by atoms with van der Waals surface area (Å²) in [5, 5.41) is 0. The van der Waals surface area contributed by atoms with Gasteiger partial charge in [-0.15, -0.1) is 0 Å². The average Bonchev–Trinajstić information content (AvgIpc) is 1.27. The van der Waals surface area contributed by atoms with Crippen LogP contribution in [0.5, 0.6) is 0 Å². The number of hydrogen-bond donors (Lipinski definition) is 0. The Kier molecular flexibility index (Phi) is 6.67. The molecule has 0 spiro atoms. The molecule has 0 N–H and O–H groups in total. The van der Waals surface area contributed by atoms with Crippen molar-refractivity contribution in [1.82, 2.24) is 0 Å². The molecule has 0 aliphatic carbocycles. The van der Waals surface area contributed by atoms with Gasteiger partial charge >= 0.3 is 20.0 Å². The molecule has 0 rings (SSSR count).